The summed E-state index contributed by atoms with van der Waals surface area (Å²) < 4.78 is 1.72. The third-order valence-corrected chi connectivity index (χ3v) is 4.23. The first-order chi connectivity index (χ1) is 11.6. The number of likely N-dealkylation sites (tertiary alicyclic amines) is 1. The Hall–Kier alpha value is -1.89. The summed E-state index contributed by atoms with van der Waals surface area (Å²) in [6, 6.07) is 1.86. The second-order valence-corrected chi connectivity index (χ2v) is 6.56. The van der Waals surface area contributed by atoms with E-state index in [1.165, 1.54) is 25.7 Å². The van der Waals surface area contributed by atoms with E-state index in [9.17, 15) is 9.59 Å². The number of carbonyl (C=O) groups is 2. The highest BCUT2D eigenvalue weighted by Gasteiger charge is 2.12. The minimum atomic E-state index is -0.322. The Morgan fingerprint density at radius 1 is 1.17 bits per heavy atom. The lowest BCUT2D eigenvalue weighted by molar-refractivity contribution is -0.120. The van der Waals surface area contributed by atoms with Crippen molar-refractivity contribution < 1.29 is 9.59 Å². The van der Waals surface area contributed by atoms with Crippen LogP contribution in [-0.2, 0) is 4.79 Å². The Morgan fingerprint density at radius 3 is 2.50 bits per heavy atom. The van der Waals surface area contributed by atoms with E-state index in [1.54, 1.807) is 16.9 Å². The summed E-state index contributed by atoms with van der Waals surface area (Å²) in [5.74, 6) is -0.487. The third-order valence-electron chi connectivity index (χ3n) is 4.23. The number of hydrogen-bond acceptors (Lipinski definition) is 4. The lowest BCUT2D eigenvalue weighted by Crippen LogP contribution is -2.40. The lowest BCUT2D eigenvalue weighted by atomic mass is 10.2. The Labute approximate surface area is 143 Å². The van der Waals surface area contributed by atoms with Gasteiger partial charge in [-0.15, -0.1) is 0 Å². The predicted molar refractivity (Wildman–Crippen MR) is 92.9 cm³/mol. The van der Waals surface area contributed by atoms with E-state index in [0.29, 0.717) is 12.2 Å². The van der Waals surface area contributed by atoms with Crippen LogP contribution in [0.25, 0.3) is 0 Å². The highest BCUT2D eigenvalue weighted by atomic mass is 16.2. The van der Waals surface area contributed by atoms with Crippen molar-refractivity contribution in [3.63, 3.8) is 0 Å². The van der Waals surface area contributed by atoms with Gasteiger partial charge >= 0.3 is 0 Å². The minimum absolute atomic E-state index is 0.0205. The third kappa shape index (κ3) is 5.96. The minimum Gasteiger partial charge on any atom is -0.353 e. The molecule has 0 radical (unpaired) electrons. The van der Waals surface area contributed by atoms with Crippen molar-refractivity contribution >= 4 is 11.8 Å². The van der Waals surface area contributed by atoms with Gasteiger partial charge in [0.05, 0.1) is 6.54 Å². The number of amides is 2. The second kappa shape index (κ2) is 9.42. The van der Waals surface area contributed by atoms with Gasteiger partial charge in [0.25, 0.3) is 5.91 Å². The second-order valence-electron chi connectivity index (χ2n) is 6.56. The molecule has 1 fully saturated rings. The number of carbonyl (C=O) groups excluding carboxylic acids is 2. The van der Waals surface area contributed by atoms with Crippen LogP contribution in [0.4, 0.5) is 0 Å². The van der Waals surface area contributed by atoms with Gasteiger partial charge in [-0.2, -0.15) is 5.10 Å². The van der Waals surface area contributed by atoms with Crippen molar-refractivity contribution in [2.45, 2.75) is 45.6 Å². The quantitative estimate of drug-likeness (QED) is 0.784. The van der Waals surface area contributed by atoms with Crippen LogP contribution >= 0.6 is 0 Å². The smallest absolute Gasteiger partial charge is 0.272 e. The van der Waals surface area contributed by atoms with Crippen LogP contribution in [0.15, 0.2) is 12.3 Å². The molecule has 2 N–H and O–H groups in total. The first kappa shape index (κ1) is 18.4. The zero-order valence-electron chi connectivity index (χ0n) is 14.8. The van der Waals surface area contributed by atoms with Gasteiger partial charge in [-0.3, -0.25) is 14.3 Å². The number of nitrogens with zero attached hydrogens (tertiary/aromatic N) is 3. The molecule has 7 heteroatoms. The van der Waals surface area contributed by atoms with E-state index < -0.39 is 0 Å². The lowest BCUT2D eigenvalue weighted by Gasteiger charge is -2.19. The summed E-state index contributed by atoms with van der Waals surface area (Å²) in [4.78, 5) is 26.2. The summed E-state index contributed by atoms with van der Waals surface area (Å²) in [7, 11) is 0. The molecule has 2 heterocycles. The molecule has 0 atom stereocenters. The average Bonchev–Trinajstić information content (AvgIpc) is 2.92. The SMILES string of the molecule is CC(C)n1ccc(C(=O)NCC(=O)NCCN2CCCCCC2)n1. The molecule has 0 aromatic carbocycles. The Bertz CT molecular complexity index is 533. The van der Waals surface area contributed by atoms with Crippen LogP contribution in [0, 0.1) is 0 Å². The normalized spacial score (nSPS) is 16.0. The molecular formula is C17H29N5O2. The van der Waals surface area contributed by atoms with Gasteiger partial charge < -0.3 is 15.5 Å². The fraction of sp³-hybridized carbons (Fsp3) is 0.706. The van der Waals surface area contributed by atoms with Gasteiger partial charge in [-0.05, 0) is 45.8 Å². The molecule has 1 aliphatic heterocycles. The maximum atomic E-state index is 12.0. The molecule has 24 heavy (non-hydrogen) atoms. The molecule has 0 spiro atoms. The molecule has 0 unspecified atom stereocenters. The molecule has 0 bridgehead atoms. The van der Waals surface area contributed by atoms with E-state index >= 15 is 0 Å². The van der Waals surface area contributed by atoms with Crippen LogP contribution in [0.3, 0.4) is 0 Å². The first-order valence-electron chi connectivity index (χ1n) is 8.88. The van der Waals surface area contributed by atoms with Crippen LogP contribution < -0.4 is 10.6 Å². The topological polar surface area (TPSA) is 79.3 Å². The van der Waals surface area contributed by atoms with Gasteiger partial charge in [0, 0.05) is 25.3 Å². The molecule has 2 amide bonds. The van der Waals surface area contributed by atoms with Crippen molar-refractivity contribution in [3.05, 3.63) is 18.0 Å². The summed E-state index contributed by atoms with van der Waals surface area (Å²) >= 11 is 0. The molecule has 0 aliphatic carbocycles. The summed E-state index contributed by atoms with van der Waals surface area (Å²) in [5, 5.41) is 9.65. The van der Waals surface area contributed by atoms with E-state index in [-0.39, 0.29) is 24.4 Å². The van der Waals surface area contributed by atoms with Crippen LogP contribution in [-0.4, -0.2) is 59.2 Å². The Balaban J connectivity index is 1.64. The highest BCUT2D eigenvalue weighted by molar-refractivity contribution is 5.94. The molecule has 1 aromatic rings. The van der Waals surface area contributed by atoms with Crippen LogP contribution in [0.5, 0.6) is 0 Å². The van der Waals surface area contributed by atoms with Crippen molar-refractivity contribution in [2.24, 2.45) is 0 Å². The molecule has 1 aliphatic rings. The molecule has 0 saturated carbocycles. The number of rotatable bonds is 7. The summed E-state index contributed by atoms with van der Waals surface area (Å²) in [5.41, 5.74) is 0.334. The molecule has 7 nitrogen and oxygen atoms in total. The monoisotopic (exact) mass is 335 g/mol. The van der Waals surface area contributed by atoms with E-state index in [4.69, 9.17) is 0 Å². The summed E-state index contributed by atoms with van der Waals surface area (Å²) in [6.45, 7) is 7.69. The molecule has 1 aromatic heterocycles. The predicted octanol–water partition coefficient (Wildman–Crippen LogP) is 1.19. The summed E-state index contributed by atoms with van der Waals surface area (Å²) in [6.07, 6.45) is 6.86. The van der Waals surface area contributed by atoms with Crippen molar-refractivity contribution in [1.82, 2.24) is 25.3 Å². The highest BCUT2D eigenvalue weighted by Crippen LogP contribution is 2.08. The van der Waals surface area contributed by atoms with Gasteiger partial charge in [0.15, 0.2) is 0 Å². The number of nitrogens with one attached hydrogen (secondary N) is 2. The Morgan fingerprint density at radius 2 is 1.88 bits per heavy atom. The maximum Gasteiger partial charge on any atom is 0.272 e. The fourth-order valence-electron chi connectivity index (χ4n) is 2.77. The van der Waals surface area contributed by atoms with Gasteiger partial charge in [-0.1, -0.05) is 12.8 Å². The van der Waals surface area contributed by atoms with E-state index in [2.05, 4.69) is 20.6 Å². The van der Waals surface area contributed by atoms with Crippen LogP contribution in [0.1, 0.15) is 56.1 Å². The average molecular weight is 335 g/mol. The molecule has 134 valence electrons. The van der Waals surface area contributed by atoms with Crippen LogP contribution in [0.2, 0.25) is 0 Å². The molecule has 2 rings (SSSR count). The van der Waals surface area contributed by atoms with Crippen molar-refractivity contribution in [2.75, 3.05) is 32.7 Å². The standard InChI is InChI=1S/C17H29N5O2/c1-14(2)22-11-7-15(20-22)17(24)19-13-16(23)18-8-12-21-9-5-3-4-6-10-21/h7,11,14H,3-6,8-10,12-13H2,1-2H3,(H,18,23)(H,19,24). The Kier molecular flexibility index (Phi) is 7.24. The number of aromatic nitrogens is 2. The fourth-order valence-corrected chi connectivity index (χ4v) is 2.77. The first-order valence-corrected chi connectivity index (χ1v) is 8.88. The van der Waals surface area contributed by atoms with E-state index in [0.717, 1.165) is 19.6 Å². The van der Waals surface area contributed by atoms with E-state index in [1.807, 2.05) is 13.8 Å². The zero-order valence-corrected chi connectivity index (χ0v) is 14.8. The largest absolute Gasteiger partial charge is 0.353 e. The van der Waals surface area contributed by atoms with Gasteiger partial charge in [0.2, 0.25) is 5.91 Å². The molecule has 1 saturated heterocycles. The number of hydrogen-bond donors (Lipinski definition) is 2. The molecular weight excluding hydrogens is 306 g/mol. The van der Waals surface area contributed by atoms with Crippen molar-refractivity contribution in [1.29, 1.82) is 0 Å². The van der Waals surface area contributed by atoms with Gasteiger partial charge in [0.1, 0.15) is 5.69 Å². The maximum absolute atomic E-state index is 12.0. The zero-order chi connectivity index (χ0) is 17.4. The van der Waals surface area contributed by atoms with Crippen molar-refractivity contribution in [3.8, 4) is 0 Å². The van der Waals surface area contributed by atoms with Gasteiger partial charge in [-0.25, -0.2) is 0 Å².